The first-order chi connectivity index (χ1) is 8.45. The summed E-state index contributed by atoms with van der Waals surface area (Å²) in [7, 11) is 0. The van der Waals surface area contributed by atoms with Crippen LogP contribution in [0.15, 0.2) is 18.2 Å². The highest BCUT2D eigenvalue weighted by Gasteiger charge is 2.30. The predicted octanol–water partition coefficient (Wildman–Crippen LogP) is 5.10. The van der Waals surface area contributed by atoms with Crippen LogP contribution in [0.1, 0.15) is 44.8 Å². The van der Waals surface area contributed by atoms with Crippen molar-refractivity contribution in [1.29, 1.82) is 0 Å². The largest absolute Gasteiger partial charge is 0.388 e. The molecule has 1 nitrogen and oxygen atoms in total. The van der Waals surface area contributed by atoms with Crippen molar-refractivity contribution in [1.82, 2.24) is 0 Å². The zero-order valence-electron chi connectivity index (χ0n) is 10.9. The summed E-state index contributed by atoms with van der Waals surface area (Å²) in [6, 6.07) is 5.34. The lowest BCUT2D eigenvalue weighted by molar-refractivity contribution is 0.0552. The molecule has 0 bridgehead atoms. The van der Waals surface area contributed by atoms with E-state index in [0.717, 1.165) is 18.4 Å². The lowest BCUT2D eigenvalue weighted by atomic mass is 9.73. The molecular weight excluding hydrogens is 267 g/mol. The Morgan fingerprint density at radius 1 is 1.00 bits per heavy atom. The molecule has 1 fully saturated rings. The smallest absolute Gasteiger partial charge is 0.0819 e. The first-order valence-corrected chi connectivity index (χ1v) is 7.35. The number of rotatable bonds is 2. The second kappa shape index (κ2) is 5.81. The highest BCUT2D eigenvalue weighted by atomic mass is 35.5. The van der Waals surface area contributed by atoms with E-state index in [1.807, 2.05) is 12.1 Å². The third kappa shape index (κ3) is 3.40. The summed E-state index contributed by atoms with van der Waals surface area (Å²) >= 11 is 12.0. The van der Waals surface area contributed by atoms with Crippen LogP contribution in [-0.4, -0.2) is 5.11 Å². The Morgan fingerprint density at radius 2 is 1.50 bits per heavy atom. The third-order valence-corrected chi connectivity index (χ3v) is 4.32. The van der Waals surface area contributed by atoms with Crippen LogP contribution in [0.3, 0.4) is 0 Å². The minimum atomic E-state index is -0.452. The van der Waals surface area contributed by atoms with E-state index in [1.165, 1.54) is 6.42 Å². The van der Waals surface area contributed by atoms with Gasteiger partial charge >= 0.3 is 0 Å². The topological polar surface area (TPSA) is 20.2 Å². The van der Waals surface area contributed by atoms with Crippen LogP contribution >= 0.6 is 23.2 Å². The Balaban J connectivity index is 2.17. The number of aliphatic hydroxyl groups is 1. The maximum Gasteiger partial charge on any atom is 0.0819 e. The van der Waals surface area contributed by atoms with Crippen molar-refractivity contribution in [3.63, 3.8) is 0 Å². The minimum absolute atomic E-state index is 0.318. The lowest BCUT2D eigenvalue weighted by Crippen LogP contribution is -2.24. The van der Waals surface area contributed by atoms with Crippen LogP contribution in [0.5, 0.6) is 0 Å². The fourth-order valence-electron chi connectivity index (χ4n) is 3.29. The molecule has 1 aromatic rings. The summed E-state index contributed by atoms with van der Waals surface area (Å²) in [4.78, 5) is 0. The predicted molar refractivity (Wildman–Crippen MR) is 77.1 cm³/mol. The third-order valence-electron chi connectivity index (χ3n) is 3.89. The van der Waals surface area contributed by atoms with Gasteiger partial charge in [-0.15, -0.1) is 0 Å². The fraction of sp³-hybridized carbons (Fsp3) is 0.600. The molecule has 2 rings (SSSR count). The van der Waals surface area contributed by atoms with Gasteiger partial charge in [0.1, 0.15) is 0 Å². The SMILES string of the molecule is CC1CC(C)CC(C(O)c2cc(Cl)cc(Cl)c2)C1. The Kier molecular flexibility index (Phi) is 4.58. The number of hydrogen-bond donors (Lipinski definition) is 1. The number of benzene rings is 1. The molecule has 3 unspecified atom stereocenters. The summed E-state index contributed by atoms with van der Waals surface area (Å²) < 4.78 is 0. The van der Waals surface area contributed by atoms with E-state index in [0.29, 0.717) is 27.8 Å². The Labute approximate surface area is 119 Å². The molecule has 0 radical (unpaired) electrons. The zero-order valence-corrected chi connectivity index (χ0v) is 12.4. The van der Waals surface area contributed by atoms with E-state index < -0.39 is 6.10 Å². The van der Waals surface area contributed by atoms with Gasteiger partial charge in [-0.1, -0.05) is 37.0 Å². The first kappa shape index (κ1) is 14.2. The monoisotopic (exact) mass is 286 g/mol. The van der Waals surface area contributed by atoms with Crippen molar-refractivity contribution in [2.45, 2.75) is 39.2 Å². The Hall–Kier alpha value is -0.240. The summed E-state index contributed by atoms with van der Waals surface area (Å²) in [6.45, 7) is 4.53. The summed E-state index contributed by atoms with van der Waals surface area (Å²) in [5.74, 6) is 1.68. The van der Waals surface area contributed by atoms with E-state index in [1.54, 1.807) is 6.07 Å². The molecule has 0 amide bonds. The van der Waals surface area contributed by atoms with Gasteiger partial charge in [0.15, 0.2) is 0 Å². The van der Waals surface area contributed by atoms with Crippen LogP contribution in [0.4, 0.5) is 0 Å². The molecule has 0 saturated heterocycles. The van der Waals surface area contributed by atoms with Gasteiger partial charge in [-0.25, -0.2) is 0 Å². The highest BCUT2D eigenvalue weighted by Crippen LogP contribution is 2.40. The van der Waals surface area contributed by atoms with Crippen LogP contribution < -0.4 is 0 Å². The first-order valence-electron chi connectivity index (χ1n) is 6.59. The molecule has 1 aliphatic carbocycles. The lowest BCUT2D eigenvalue weighted by Gasteiger charge is -2.34. The zero-order chi connectivity index (χ0) is 13.3. The van der Waals surface area contributed by atoms with Gasteiger partial charge in [-0.05, 0) is 60.8 Å². The minimum Gasteiger partial charge on any atom is -0.388 e. The molecule has 1 saturated carbocycles. The summed E-state index contributed by atoms with van der Waals surface area (Å²) in [5.41, 5.74) is 0.846. The molecule has 0 spiro atoms. The molecule has 3 heteroatoms. The number of aliphatic hydroxyl groups excluding tert-OH is 1. The van der Waals surface area contributed by atoms with Crippen molar-refractivity contribution in [3.05, 3.63) is 33.8 Å². The average Bonchev–Trinajstić information content (AvgIpc) is 2.25. The quantitative estimate of drug-likeness (QED) is 0.802. The second-order valence-corrected chi connectivity index (χ2v) is 6.70. The van der Waals surface area contributed by atoms with Gasteiger partial charge in [0, 0.05) is 10.0 Å². The van der Waals surface area contributed by atoms with Gasteiger partial charge in [-0.3, -0.25) is 0 Å². The van der Waals surface area contributed by atoms with Crippen LogP contribution in [0.2, 0.25) is 10.0 Å². The van der Waals surface area contributed by atoms with Gasteiger partial charge in [0.25, 0.3) is 0 Å². The number of halogens is 2. The molecule has 1 aliphatic rings. The Bertz CT molecular complexity index is 389. The molecule has 18 heavy (non-hydrogen) atoms. The highest BCUT2D eigenvalue weighted by molar-refractivity contribution is 6.34. The van der Waals surface area contributed by atoms with Crippen molar-refractivity contribution >= 4 is 23.2 Å². The number of hydrogen-bond acceptors (Lipinski definition) is 1. The van der Waals surface area contributed by atoms with E-state index in [9.17, 15) is 5.11 Å². The molecule has 3 atom stereocenters. The maximum atomic E-state index is 10.5. The maximum absolute atomic E-state index is 10.5. The van der Waals surface area contributed by atoms with Crippen LogP contribution in [0, 0.1) is 17.8 Å². The van der Waals surface area contributed by atoms with Gasteiger partial charge in [0.05, 0.1) is 6.10 Å². The molecule has 0 aliphatic heterocycles. The van der Waals surface area contributed by atoms with Gasteiger partial charge in [0.2, 0.25) is 0 Å². The van der Waals surface area contributed by atoms with E-state index >= 15 is 0 Å². The van der Waals surface area contributed by atoms with Crippen LogP contribution in [-0.2, 0) is 0 Å². The van der Waals surface area contributed by atoms with Gasteiger partial charge in [-0.2, -0.15) is 0 Å². The van der Waals surface area contributed by atoms with E-state index in [-0.39, 0.29) is 0 Å². The van der Waals surface area contributed by atoms with Crippen molar-refractivity contribution in [2.75, 3.05) is 0 Å². The van der Waals surface area contributed by atoms with Crippen molar-refractivity contribution in [2.24, 2.45) is 17.8 Å². The van der Waals surface area contributed by atoms with Crippen LogP contribution in [0.25, 0.3) is 0 Å². The summed E-state index contributed by atoms with van der Waals surface area (Å²) in [5, 5.41) is 11.7. The Morgan fingerprint density at radius 3 is 2.00 bits per heavy atom. The molecular formula is C15H20Cl2O. The van der Waals surface area contributed by atoms with E-state index in [2.05, 4.69) is 13.8 Å². The van der Waals surface area contributed by atoms with Crippen molar-refractivity contribution < 1.29 is 5.11 Å². The molecule has 0 aromatic heterocycles. The fourth-order valence-corrected chi connectivity index (χ4v) is 3.83. The summed E-state index contributed by atoms with van der Waals surface area (Å²) in [6.07, 6.45) is 2.97. The molecule has 100 valence electrons. The molecule has 1 N–H and O–H groups in total. The average molecular weight is 287 g/mol. The van der Waals surface area contributed by atoms with E-state index in [4.69, 9.17) is 23.2 Å². The normalized spacial score (nSPS) is 30.2. The standard InChI is InChI=1S/C15H20Cl2O/c1-9-3-10(2)5-11(4-9)15(18)12-6-13(16)8-14(17)7-12/h6-11,15,18H,3-5H2,1-2H3. The second-order valence-electron chi connectivity index (χ2n) is 5.83. The molecule has 0 heterocycles. The van der Waals surface area contributed by atoms with Gasteiger partial charge < -0.3 is 5.11 Å². The molecule has 1 aromatic carbocycles. The van der Waals surface area contributed by atoms with Crippen molar-refractivity contribution in [3.8, 4) is 0 Å².